The van der Waals surface area contributed by atoms with Crippen molar-refractivity contribution in [1.82, 2.24) is 4.98 Å². The summed E-state index contributed by atoms with van der Waals surface area (Å²) in [7, 11) is 0. The Morgan fingerprint density at radius 2 is 1.73 bits per heavy atom. The summed E-state index contributed by atoms with van der Waals surface area (Å²) in [6, 6.07) is 7.04. The molecule has 0 radical (unpaired) electrons. The van der Waals surface area contributed by atoms with Gasteiger partial charge in [-0.1, -0.05) is 18.2 Å². The quantitative estimate of drug-likeness (QED) is 0.535. The average molecular weight is 365 g/mol. The highest BCUT2D eigenvalue weighted by Gasteiger charge is 2.34. The highest BCUT2D eigenvalue weighted by molar-refractivity contribution is 5.92. The fourth-order valence-electron chi connectivity index (χ4n) is 2.77. The average Bonchev–Trinajstić information content (AvgIpc) is 3.05. The summed E-state index contributed by atoms with van der Waals surface area (Å²) in [5.74, 6) is 0.391. The lowest BCUT2D eigenvalue weighted by molar-refractivity contribution is -0.150. The summed E-state index contributed by atoms with van der Waals surface area (Å²) in [6.07, 6.45) is -2.29. The van der Waals surface area contributed by atoms with E-state index in [2.05, 4.69) is 4.98 Å². The smallest absolute Gasteiger partial charge is 0.417 e. The molecule has 2 aromatic heterocycles. The Hall–Kier alpha value is -2.38. The van der Waals surface area contributed by atoms with Crippen molar-refractivity contribution < 1.29 is 27.1 Å². The van der Waals surface area contributed by atoms with Gasteiger partial charge in [-0.25, -0.2) is 0 Å². The van der Waals surface area contributed by atoms with E-state index in [0.717, 1.165) is 6.07 Å². The number of ether oxygens (including phenoxy) is 2. The second-order valence-corrected chi connectivity index (χ2v) is 5.54. The van der Waals surface area contributed by atoms with Crippen molar-refractivity contribution in [2.45, 2.75) is 26.3 Å². The maximum absolute atomic E-state index is 13.4. The summed E-state index contributed by atoms with van der Waals surface area (Å²) >= 11 is 0. The number of fused-ring (bicyclic) bond motifs is 1. The van der Waals surface area contributed by atoms with Crippen LogP contribution in [0.4, 0.5) is 13.2 Å². The lowest BCUT2D eigenvalue weighted by atomic mass is 10.00. The van der Waals surface area contributed by atoms with E-state index in [0.29, 0.717) is 29.9 Å². The van der Waals surface area contributed by atoms with Crippen molar-refractivity contribution >= 4 is 11.0 Å². The Bertz CT molecular complexity index is 883. The summed E-state index contributed by atoms with van der Waals surface area (Å²) in [5, 5.41) is 0.582. The fourth-order valence-corrected chi connectivity index (χ4v) is 2.77. The Morgan fingerprint density at radius 1 is 1.04 bits per heavy atom. The van der Waals surface area contributed by atoms with Crippen LogP contribution in [0, 0.1) is 0 Å². The van der Waals surface area contributed by atoms with E-state index in [4.69, 9.17) is 13.9 Å². The minimum Gasteiger partial charge on any atom is -0.455 e. The van der Waals surface area contributed by atoms with Crippen molar-refractivity contribution in [3.8, 4) is 11.1 Å². The molecule has 7 heteroatoms. The van der Waals surface area contributed by atoms with E-state index in [1.165, 1.54) is 24.5 Å². The van der Waals surface area contributed by atoms with Crippen LogP contribution in [0.2, 0.25) is 0 Å². The molecule has 0 spiro atoms. The van der Waals surface area contributed by atoms with Crippen molar-refractivity contribution in [3.63, 3.8) is 0 Å². The molecule has 2 heterocycles. The Balaban J connectivity index is 2.15. The van der Waals surface area contributed by atoms with Crippen LogP contribution in [0.3, 0.4) is 0 Å². The molecular formula is C19H18F3NO3. The predicted molar refractivity (Wildman–Crippen MR) is 90.4 cm³/mol. The molecule has 0 fully saturated rings. The SMILES string of the molecule is CCOC(OCC)c1cc2cncc(-c3ccccc3C(F)(F)F)c2o1. The monoisotopic (exact) mass is 365 g/mol. The van der Waals surface area contributed by atoms with Gasteiger partial charge < -0.3 is 13.9 Å². The van der Waals surface area contributed by atoms with Crippen LogP contribution in [0.25, 0.3) is 22.1 Å². The maximum Gasteiger partial charge on any atom is 0.417 e. The molecule has 0 saturated carbocycles. The van der Waals surface area contributed by atoms with Gasteiger partial charge in [0, 0.05) is 36.6 Å². The van der Waals surface area contributed by atoms with Crippen LogP contribution < -0.4 is 0 Å². The topological polar surface area (TPSA) is 44.5 Å². The minimum atomic E-state index is -4.48. The lowest BCUT2D eigenvalue weighted by Crippen LogP contribution is -2.07. The molecule has 0 amide bonds. The number of nitrogens with zero attached hydrogens (tertiary/aromatic N) is 1. The minimum absolute atomic E-state index is 0.0170. The number of benzene rings is 1. The van der Waals surface area contributed by atoms with Crippen LogP contribution >= 0.6 is 0 Å². The van der Waals surface area contributed by atoms with Gasteiger partial charge in [-0.3, -0.25) is 4.98 Å². The molecule has 138 valence electrons. The summed E-state index contributed by atoms with van der Waals surface area (Å²) in [6.45, 7) is 4.45. The molecule has 3 rings (SSSR count). The number of aromatic nitrogens is 1. The highest BCUT2D eigenvalue weighted by atomic mass is 19.4. The first-order valence-corrected chi connectivity index (χ1v) is 8.23. The van der Waals surface area contributed by atoms with Gasteiger partial charge in [0.2, 0.25) is 6.29 Å². The van der Waals surface area contributed by atoms with Crippen LogP contribution in [0.5, 0.6) is 0 Å². The van der Waals surface area contributed by atoms with E-state index < -0.39 is 18.0 Å². The van der Waals surface area contributed by atoms with Gasteiger partial charge in [0.1, 0.15) is 5.58 Å². The van der Waals surface area contributed by atoms with E-state index in [-0.39, 0.29) is 11.1 Å². The van der Waals surface area contributed by atoms with E-state index in [1.54, 1.807) is 12.1 Å². The van der Waals surface area contributed by atoms with Gasteiger partial charge in [0.15, 0.2) is 5.76 Å². The number of furan rings is 1. The van der Waals surface area contributed by atoms with Crippen molar-refractivity contribution in [2.24, 2.45) is 0 Å². The largest absolute Gasteiger partial charge is 0.455 e. The molecule has 0 saturated heterocycles. The van der Waals surface area contributed by atoms with E-state index >= 15 is 0 Å². The third-order valence-electron chi connectivity index (χ3n) is 3.83. The zero-order valence-electron chi connectivity index (χ0n) is 14.3. The molecule has 0 atom stereocenters. The fraction of sp³-hybridized carbons (Fsp3) is 0.316. The summed E-state index contributed by atoms with van der Waals surface area (Å²) in [5.41, 5.74) is -0.133. The molecular weight excluding hydrogens is 347 g/mol. The van der Waals surface area contributed by atoms with Gasteiger partial charge in [-0.15, -0.1) is 0 Å². The second kappa shape index (κ2) is 7.47. The van der Waals surface area contributed by atoms with Gasteiger partial charge in [0.25, 0.3) is 0 Å². The maximum atomic E-state index is 13.4. The number of hydrogen-bond donors (Lipinski definition) is 0. The van der Waals surface area contributed by atoms with Crippen LogP contribution in [0.15, 0.2) is 47.1 Å². The first kappa shape index (κ1) is 18.4. The first-order chi connectivity index (χ1) is 12.5. The van der Waals surface area contributed by atoms with Crippen LogP contribution in [-0.4, -0.2) is 18.2 Å². The normalized spacial score (nSPS) is 12.2. The molecule has 0 aliphatic heterocycles. The third-order valence-corrected chi connectivity index (χ3v) is 3.83. The number of hydrogen-bond acceptors (Lipinski definition) is 4. The highest BCUT2D eigenvalue weighted by Crippen LogP contribution is 2.40. The van der Waals surface area contributed by atoms with Crippen molar-refractivity contribution in [1.29, 1.82) is 0 Å². The zero-order valence-corrected chi connectivity index (χ0v) is 14.3. The second-order valence-electron chi connectivity index (χ2n) is 5.54. The number of rotatable bonds is 6. The molecule has 1 aromatic carbocycles. The van der Waals surface area contributed by atoms with Gasteiger partial charge in [0.05, 0.1) is 5.56 Å². The number of halogens is 3. The predicted octanol–water partition coefficient (Wildman–Crippen LogP) is 5.59. The molecule has 0 bridgehead atoms. The number of pyridine rings is 1. The molecule has 0 unspecified atom stereocenters. The Labute approximate surface area is 148 Å². The van der Waals surface area contributed by atoms with Crippen LogP contribution in [-0.2, 0) is 15.7 Å². The van der Waals surface area contributed by atoms with E-state index in [9.17, 15) is 13.2 Å². The van der Waals surface area contributed by atoms with Crippen molar-refractivity contribution in [2.75, 3.05) is 13.2 Å². The van der Waals surface area contributed by atoms with E-state index in [1.807, 2.05) is 13.8 Å². The first-order valence-electron chi connectivity index (χ1n) is 8.23. The van der Waals surface area contributed by atoms with Crippen LogP contribution in [0.1, 0.15) is 31.5 Å². The molecule has 0 aliphatic carbocycles. The Kier molecular flexibility index (Phi) is 5.29. The molecule has 3 aromatic rings. The summed E-state index contributed by atoms with van der Waals surface area (Å²) in [4.78, 5) is 4.07. The van der Waals surface area contributed by atoms with Gasteiger partial charge in [-0.2, -0.15) is 13.2 Å². The van der Waals surface area contributed by atoms with Gasteiger partial charge >= 0.3 is 6.18 Å². The number of alkyl halides is 3. The molecule has 4 nitrogen and oxygen atoms in total. The molecule has 0 N–H and O–H groups in total. The Morgan fingerprint density at radius 3 is 2.38 bits per heavy atom. The standard InChI is InChI=1S/C19H18F3NO3/c1-3-24-18(25-4-2)16-9-12-10-23-11-14(17(12)26-16)13-7-5-6-8-15(13)19(20,21)22/h5-11,18H,3-4H2,1-2H3. The lowest BCUT2D eigenvalue weighted by Gasteiger charge is -2.14. The van der Waals surface area contributed by atoms with Crippen molar-refractivity contribution in [3.05, 3.63) is 54.0 Å². The molecule has 0 aliphatic rings. The molecule has 26 heavy (non-hydrogen) atoms. The summed E-state index contributed by atoms with van der Waals surface area (Å²) < 4.78 is 57.0. The third kappa shape index (κ3) is 3.59. The van der Waals surface area contributed by atoms with Gasteiger partial charge in [-0.05, 0) is 31.5 Å². The zero-order chi connectivity index (χ0) is 18.7.